The first-order chi connectivity index (χ1) is 12.3. The van der Waals surface area contributed by atoms with Crippen molar-refractivity contribution < 1.29 is 9.53 Å². The van der Waals surface area contributed by atoms with Gasteiger partial charge in [-0.25, -0.2) is 0 Å². The van der Waals surface area contributed by atoms with Gasteiger partial charge in [-0.1, -0.05) is 42.5 Å². The molecule has 0 N–H and O–H groups in total. The second-order valence-electron chi connectivity index (χ2n) is 6.27. The lowest BCUT2D eigenvalue weighted by Gasteiger charge is -2.25. The fourth-order valence-electron chi connectivity index (χ4n) is 3.50. The largest absolute Gasteiger partial charge is 0.483 e. The molecule has 0 bridgehead atoms. The number of carbonyl (C=O) groups is 1. The van der Waals surface area contributed by atoms with Crippen LogP contribution in [0.15, 0.2) is 66.9 Å². The van der Waals surface area contributed by atoms with Crippen LogP contribution in [-0.2, 0) is 4.79 Å². The Balaban J connectivity index is 1.48. The molecular formula is C21H20N2O2. The number of ether oxygens (including phenoxy) is 1. The summed E-state index contributed by atoms with van der Waals surface area (Å²) in [6, 6.07) is 20.0. The summed E-state index contributed by atoms with van der Waals surface area (Å²) in [5.41, 5.74) is 2.07. The van der Waals surface area contributed by atoms with Crippen molar-refractivity contribution >= 4 is 16.8 Å². The van der Waals surface area contributed by atoms with Crippen molar-refractivity contribution in [3.63, 3.8) is 0 Å². The summed E-state index contributed by atoms with van der Waals surface area (Å²) in [7, 11) is 0. The minimum absolute atomic E-state index is 0.0345. The van der Waals surface area contributed by atoms with Gasteiger partial charge in [0, 0.05) is 18.1 Å². The number of rotatable bonds is 4. The molecule has 0 radical (unpaired) electrons. The van der Waals surface area contributed by atoms with Gasteiger partial charge in [-0.3, -0.25) is 9.78 Å². The van der Waals surface area contributed by atoms with E-state index < -0.39 is 0 Å². The topological polar surface area (TPSA) is 42.4 Å². The molecule has 0 aliphatic carbocycles. The van der Waals surface area contributed by atoms with Crippen LogP contribution in [0.4, 0.5) is 0 Å². The van der Waals surface area contributed by atoms with Crippen molar-refractivity contribution in [1.82, 2.24) is 9.88 Å². The zero-order valence-corrected chi connectivity index (χ0v) is 14.0. The lowest BCUT2D eigenvalue weighted by Crippen LogP contribution is -2.34. The van der Waals surface area contributed by atoms with E-state index in [0.717, 1.165) is 30.3 Å². The molecule has 1 fully saturated rings. The highest BCUT2D eigenvalue weighted by Crippen LogP contribution is 2.32. The maximum atomic E-state index is 12.7. The summed E-state index contributed by atoms with van der Waals surface area (Å²) < 4.78 is 5.85. The van der Waals surface area contributed by atoms with Gasteiger partial charge < -0.3 is 9.64 Å². The van der Waals surface area contributed by atoms with E-state index in [1.54, 1.807) is 6.20 Å². The van der Waals surface area contributed by atoms with Gasteiger partial charge in [-0.2, -0.15) is 0 Å². The molecule has 1 aromatic heterocycles. The quantitative estimate of drug-likeness (QED) is 0.726. The smallest absolute Gasteiger partial charge is 0.261 e. The lowest BCUT2D eigenvalue weighted by atomic mass is 10.0. The van der Waals surface area contributed by atoms with Gasteiger partial charge in [0.15, 0.2) is 6.61 Å². The molecule has 0 unspecified atom stereocenters. The zero-order chi connectivity index (χ0) is 17.1. The van der Waals surface area contributed by atoms with Crippen LogP contribution in [0.2, 0.25) is 0 Å². The van der Waals surface area contributed by atoms with E-state index in [1.807, 2.05) is 53.4 Å². The fourth-order valence-corrected chi connectivity index (χ4v) is 3.50. The number of hydrogen-bond acceptors (Lipinski definition) is 3. The molecule has 25 heavy (non-hydrogen) atoms. The molecule has 2 heterocycles. The predicted molar refractivity (Wildman–Crippen MR) is 97.4 cm³/mol. The van der Waals surface area contributed by atoms with Gasteiger partial charge in [0.2, 0.25) is 0 Å². The SMILES string of the molecule is O=C(COc1ccnc2ccccc12)N1CCC[C@H]1c1ccccc1. The average molecular weight is 332 g/mol. The van der Waals surface area contributed by atoms with E-state index in [4.69, 9.17) is 4.74 Å². The van der Waals surface area contributed by atoms with Crippen molar-refractivity contribution in [2.24, 2.45) is 0 Å². The Hall–Kier alpha value is -2.88. The number of likely N-dealkylation sites (tertiary alicyclic amines) is 1. The van der Waals surface area contributed by atoms with Crippen LogP contribution >= 0.6 is 0 Å². The number of nitrogens with zero attached hydrogens (tertiary/aromatic N) is 2. The number of carbonyl (C=O) groups excluding carboxylic acids is 1. The van der Waals surface area contributed by atoms with Crippen molar-refractivity contribution in [2.75, 3.05) is 13.2 Å². The maximum Gasteiger partial charge on any atom is 0.261 e. The molecule has 1 saturated heterocycles. The average Bonchev–Trinajstić information content (AvgIpc) is 3.17. The number of benzene rings is 2. The van der Waals surface area contributed by atoms with Gasteiger partial charge in [0.05, 0.1) is 11.6 Å². The van der Waals surface area contributed by atoms with E-state index in [1.165, 1.54) is 5.56 Å². The van der Waals surface area contributed by atoms with Gasteiger partial charge in [0.1, 0.15) is 5.75 Å². The number of fused-ring (bicyclic) bond motifs is 1. The van der Waals surface area contributed by atoms with Crippen molar-refractivity contribution in [3.05, 3.63) is 72.4 Å². The molecule has 3 aromatic rings. The number of hydrogen-bond donors (Lipinski definition) is 0. The third kappa shape index (κ3) is 3.20. The van der Waals surface area contributed by atoms with E-state index >= 15 is 0 Å². The van der Waals surface area contributed by atoms with Crippen molar-refractivity contribution in [1.29, 1.82) is 0 Å². The van der Waals surface area contributed by atoms with Gasteiger partial charge in [0.25, 0.3) is 5.91 Å². The van der Waals surface area contributed by atoms with E-state index in [-0.39, 0.29) is 18.6 Å². The Morgan fingerprint density at radius 3 is 2.76 bits per heavy atom. The summed E-state index contributed by atoms with van der Waals surface area (Å²) in [4.78, 5) is 19.0. The molecule has 0 saturated carbocycles. The van der Waals surface area contributed by atoms with Crippen LogP contribution in [0.25, 0.3) is 10.9 Å². The Bertz CT molecular complexity index is 874. The number of para-hydroxylation sites is 1. The predicted octanol–water partition coefficient (Wildman–Crippen LogP) is 3.98. The molecule has 2 aromatic carbocycles. The lowest BCUT2D eigenvalue weighted by molar-refractivity contribution is -0.134. The molecule has 4 nitrogen and oxygen atoms in total. The summed E-state index contributed by atoms with van der Waals surface area (Å²) >= 11 is 0. The first kappa shape index (κ1) is 15.6. The highest BCUT2D eigenvalue weighted by molar-refractivity contribution is 5.85. The van der Waals surface area contributed by atoms with E-state index in [2.05, 4.69) is 17.1 Å². The fraction of sp³-hybridized carbons (Fsp3) is 0.238. The van der Waals surface area contributed by atoms with Gasteiger partial charge >= 0.3 is 0 Å². The second kappa shape index (κ2) is 6.93. The minimum atomic E-state index is 0.0345. The summed E-state index contributed by atoms with van der Waals surface area (Å²) in [5, 5.41) is 0.929. The molecule has 1 aliphatic heterocycles. The molecule has 1 atom stereocenters. The first-order valence-electron chi connectivity index (χ1n) is 8.64. The Labute approximate surface area is 147 Å². The Morgan fingerprint density at radius 1 is 1.08 bits per heavy atom. The third-order valence-electron chi connectivity index (χ3n) is 4.72. The highest BCUT2D eigenvalue weighted by Gasteiger charge is 2.29. The van der Waals surface area contributed by atoms with Crippen molar-refractivity contribution in [2.45, 2.75) is 18.9 Å². The monoisotopic (exact) mass is 332 g/mol. The Morgan fingerprint density at radius 2 is 1.88 bits per heavy atom. The van der Waals surface area contributed by atoms with Crippen LogP contribution in [0.5, 0.6) is 5.75 Å². The molecule has 4 heteroatoms. The minimum Gasteiger partial charge on any atom is -0.483 e. The summed E-state index contributed by atoms with van der Waals surface area (Å²) in [6.45, 7) is 0.843. The second-order valence-corrected chi connectivity index (χ2v) is 6.27. The molecular weight excluding hydrogens is 312 g/mol. The van der Waals surface area contributed by atoms with Crippen LogP contribution in [0, 0.1) is 0 Å². The van der Waals surface area contributed by atoms with Crippen LogP contribution in [0.3, 0.4) is 0 Å². The number of amides is 1. The zero-order valence-electron chi connectivity index (χ0n) is 14.0. The van der Waals surface area contributed by atoms with Crippen LogP contribution in [0.1, 0.15) is 24.4 Å². The highest BCUT2D eigenvalue weighted by atomic mass is 16.5. The number of pyridine rings is 1. The molecule has 1 amide bonds. The van der Waals surface area contributed by atoms with Crippen LogP contribution < -0.4 is 4.74 Å². The molecule has 0 spiro atoms. The van der Waals surface area contributed by atoms with Crippen molar-refractivity contribution in [3.8, 4) is 5.75 Å². The summed E-state index contributed by atoms with van der Waals surface area (Å²) in [5.74, 6) is 0.738. The third-order valence-corrected chi connectivity index (χ3v) is 4.72. The Kier molecular flexibility index (Phi) is 4.34. The van der Waals surface area contributed by atoms with E-state index in [9.17, 15) is 4.79 Å². The van der Waals surface area contributed by atoms with Gasteiger partial charge in [-0.15, -0.1) is 0 Å². The van der Waals surface area contributed by atoms with Crippen LogP contribution in [-0.4, -0.2) is 28.9 Å². The van der Waals surface area contributed by atoms with E-state index in [0.29, 0.717) is 5.75 Å². The number of aromatic nitrogens is 1. The molecule has 4 rings (SSSR count). The maximum absolute atomic E-state index is 12.7. The summed E-state index contributed by atoms with van der Waals surface area (Å²) in [6.07, 6.45) is 3.75. The van der Waals surface area contributed by atoms with Gasteiger partial charge in [-0.05, 0) is 36.6 Å². The molecule has 1 aliphatic rings. The standard InChI is InChI=1S/C21H20N2O2/c24-21(23-14-6-11-19(23)16-7-2-1-3-8-16)15-25-20-12-13-22-18-10-5-4-9-17(18)20/h1-5,7-10,12-13,19H,6,11,14-15H2/t19-/m0/s1. The first-order valence-corrected chi connectivity index (χ1v) is 8.64. The normalized spacial score (nSPS) is 17.0. The molecule has 126 valence electrons.